The van der Waals surface area contributed by atoms with Crippen LogP contribution in [-0.4, -0.2) is 32.8 Å². The number of nitrogens with one attached hydrogen (secondary N) is 1. The van der Waals surface area contributed by atoms with Crippen LogP contribution in [0.15, 0.2) is 0 Å². The van der Waals surface area contributed by atoms with Crippen molar-refractivity contribution in [2.45, 2.75) is 40.7 Å². The molecule has 1 atom stereocenters. The summed E-state index contributed by atoms with van der Waals surface area (Å²) < 4.78 is 1.61. The SMILES string of the molecule is Cc1nn(C)c(C)c1C(=O)N[C@@H](C(=O)O)C(C)(C)C. The third-order valence-electron chi connectivity index (χ3n) is 3.12. The molecule has 19 heavy (non-hydrogen) atoms. The summed E-state index contributed by atoms with van der Waals surface area (Å²) in [5.74, 6) is -1.44. The zero-order valence-electron chi connectivity index (χ0n) is 12.2. The first kappa shape index (κ1) is 15.2. The van der Waals surface area contributed by atoms with E-state index in [1.165, 1.54) is 0 Å². The monoisotopic (exact) mass is 267 g/mol. The van der Waals surface area contributed by atoms with Gasteiger partial charge in [-0.05, 0) is 19.3 Å². The normalized spacial score (nSPS) is 13.2. The fourth-order valence-corrected chi connectivity index (χ4v) is 1.95. The van der Waals surface area contributed by atoms with Crippen LogP contribution >= 0.6 is 0 Å². The van der Waals surface area contributed by atoms with E-state index in [0.717, 1.165) is 0 Å². The molecule has 2 N–H and O–H groups in total. The van der Waals surface area contributed by atoms with Crippen LogP contribution in [0.3, 0.4) is 0 Å². The molecule has 0 aliphatic heterocycles. The highest BCUT2D eigenvalue weighted by Gasteiger charge is 2.33. The summed E-state index contributed by atoms with van der Waals surface area (Å²) in [6, 6.07) is -0.945. The minimum Gasteiger partial charge on any atom is -0.480 e. The Hall–Kier alpha value is -1.85. The molecule has 0 bridgehead atoms. The van der Waals surface area contributed by atoms with Gasteiger partial charge in [-0.1, -0.05) is 20.8 Å². The van der Waals surface area contributed by atoms with E-state index in [-0.39, 0.29) is 0 Å². The van der Waals surface area contributed by atoms with Gasteiger partial charge in [-0.15, -0.1) is 0 Å². The van der Waals surface area contributed by atoms with Crippen LogP contribution < -0.4 is 5.32 Å². The zero-order chi connectivity index (χ0) is 15.0. The number of carboxylic acid groups (broad SMARTS) is 1. The minimum atomic E-state index is -1.04. The summed E-state index contributed by atoms with van der Waals surface area (Å²) in [6.45, 7) is 8.83. The molecule has 1 rings (SSSR count). The van der Waals surface area contributed by atoms with Gasteiger partial charge in [0.1, 0.15) is 6.04 Å². The maximum Gasteiger partial charge on any atom is 0.326 e. The second-order valence-electron chi connectivity index (χ2n) is 5.78. The van der Waals surface area contributed by atoms with Crippen LogP contribution in [0.4, 0.5) is 0 Å². The molecule has 106 valence electrons. The van der Waals surface area contributed by atoms with Crippen molar-refractivity contribution >= 4 is 11.9 Å². The first-order valence-electron chi connectivity index (χ1n) is 6.09. The third-order valence-corrected chi connectivity index (χ3v) is 3.12. The quantitative estimate of drug-likeness (QED) is 0.863. The Labute approximate surface area is 112 Å². The van der Waals surface area contributed by atoms with Gasteiger partial charge in [-0.3, -0.25) is 9.48 Å². The maximum atomic E-state index is 12.2. The molecule has 0 aromatic carbocycles. The predicted octanol–water partition coefficient (Wildman–Crippen LogP) is 1.27. The average molecular weight is 267 g/mol. The van der Waals surface area contributed by atoms with Crippen LogP contribution in [0, 0.1) is 19.3 Å². The van der Waals surface area contributed by atoms with E-state index in [2.05, 4.69) is 10.4 Å². The highest BCUT2D eigenvalue weighted by molar-refractivity contribution is 5.98. The number of amides is 1. The molecule has 0 saturated carbocycles. The molecule has 0 radical (unpaired) electrons. The molecule has 0 saturated heterocycles. The van der Waals surface area contributed by atoms with Crippen molar-refractivity contribution in [3.63, 3.8) is 0 Å². The van der Waals surface area contributed by atoms with Crippen LogP contribution in [0.5, 0.6) is 0 Å². The van der Waals surface area contributed by atoms with Gasteiger partial charge in [0, 0.05) is 12.7 Å². The summed E-state index contributed by atoms with van der Waals surface area (Å²) in [7, 11) is 1.75. The minimum absolute atomic E-state index is 0.398. The number of hydrogen-bond donors (Lipinski definition) is 2. The number of carbonyl (C=O) groups is 2. The van der Waals surface area contributed by atoms with Crippen LogP contribution in [0.2, 0.25) is 0 Å². The van der Waals surface area contributed by atoms with Crippen molar-refractivity contribution in [3.8, 4) is 0 Å². The fraction of sp³-hybridized carbons (Fsp3) is 0.615. The van der Waals surface area contributed by atoms with Crippen molar-refractivity contribution in [1.82, 2.24) is 15.1 Å². The van der Waals surface area contributed by atoms with Gasteiger partial charge in [-0.25, -0.2) is 4.79 Å². The summed E-state index contributed by atoms with van der Waals surface area (Å²) >= 11 is 0. The van der Waals surface area contributed by atoms with Gasteiger partial charge in [0.25, 0.3) is 5.91 Å². The maximum absolute atomic E-state index is 12.2. The smallest absolute Gasteiger partial charge is 0.326 e. The first-order valence-corrected chi connectivity index (χ1v) is 6.09. The molecule has 0 aliphatic carbocycles. The topological polar surface area (TPSA) is 84.2 Å². The number of rotatable bonds is 3. The van der Waals surface area contributed by atoms with E-state index in [9.17, 15) is 14.7 Å². The molecule has 0 spiro atoms. The second kappa shape index (κ2) is 5.03. The Morgan fingerprint density at radius 3 is 2.16 bits per heavy atom. The summed E-state index contributed by atoms with van der Waals surface area (Å²) in [5.41, 5.74) is 1.19. The highest BCUT2D eigenvalue weighted by Crippen LogP contribution is 2.21. The number of aryl methyl sites for hydroxylation is 2. The molecular weight excluding hydrogens is 246 g/mol. The average Bonchev–Trinajstić information content (AvgIpc) is 2.47. The number of hydrogen-bond acceptors (Lipinski definition) is 3. The van der Waals surface area contributed by atoms with E-state index in [4.69, 9.17) is 0 Å². The van der Waals surface area contributed by atoms with Crippen molar-refractivity contribution in [1.29, 1.82) is 0 Å². The van der Waals surface area contributed by atoms with E-state index in [1.54, 1.807) is 46.3 Å². The van der Waals surface area contributed by atoms with Crippen molar-refractivity contribution in [2.75, 3.05) is 0 Å². The van der Waals surface area contributed by atoms with E-state index in [0.29, 0.717) is 17.0 Å². The van der Waals surface area contributed by atoms with Crippen LogP contribution in [0.25, 0.3) is 0 Å². The van der Waals surface area contributed by atoms with E-state index < -0.39 is 23.3 Å². The predicted molar refractivity (Wildman–Crippen MR) is 71.0 cm³/mol. The standard InChI is InChI=1S/C13H21N3O3/c1-7-9(8(2)16(6)15-7)11(17)14-10(12(18)19)13(3,4)5/h10H,1-6H3,(H,14,17)(H,18,19)/t10-/m0/s1. The van der Waals surface area contributed by atoms with Crippen molar-refractivity contribution < 1.29 is 14.7 Å². The van der Waals surface area contributed by atoms with Gasteiger partial charge in [-0.2, -0.15) is 5.10 Å². The lowest BCUT2D eigenvalue weighted by molar-refractivity contribution is -0.142. The van der Waals surface area contributed by atoms with Crippen LogP contribution in [0.1, 0.15) is 42.5 Å². The molecule has 0 aliphatic rings. The lowest BCUT2D eigenvalue weighted by Gasteiger charge is -2.27. The molecular formula is C13H21N3O3. The Balaban J connectivity index is 3.05. The Morgan fingerprint density at radius 2 is 1.84 bits per heavy atom. The molecule has 1 amide bonds. The second-order valence-corrected chi connectivity index (χ2v) is 5.78. The van der Waals surface area contributed by atoms with Gasteiger partial charge < -0.3 is 10.4 Å². The van der Waals surface area contributed by atoms with Gasteiger partial charge >= 0.3 is 5.97 Å². The zero-order valence-corrected chi connectivity index (χ0v) is 12.2. The fourth-order valence-electron chi connectivity index (χ4n) is 1.95. The summed E-state index contributed by atoms with van der Waals surface area (Å²) in [6.07, 6.45) is 0. The molecule has 0 unspecified atom stereocenters. The lowest BCUT2D eigenvalue weighted by atomic mass is 9.86. The van der Waals surface area contributed by atoms with Gasteiger partial charge in [0.2, 0.25) is 0 Å². The lowest BCUT2D eigenvalue weighted by Crippen LogP contribution is -2.49. The number of aliphatic carboxylic acids is 1. The number of carbonyl (C=O) groups excluding carboxylic acids is 1. The van der Waals surface area contributed by atoms with Gasteiger partial charge in [0.05, 0.1) is 11.3 Å². The van der Waals surface area contributed by atoms with Gasteiger partial charge in [0.15, 0.2) is 0 Å². The molecule has 1 heterocycles. The van der Waals surface area contributed by atoms with Crippen molar-refractivity contribution in [3.05, 3.63) is 17.0 Å². The Kier molecular flexibility index (Phi) is 4.03. The van der Waals surface area contributed by atoms with E-state index in [1.807, 2.05) is 0 Å². The molecule has 1 aromatic rings. The van der Waals surface area contributed by atoms with Crippen LogP contribution in [-0.2, 0) is 11.8 Å². The number of nitrogens with zero attached hydrogens (tertiary/aromatic N) is 2. The Morgan fingerprint density at radius 1 is 1.32 bits per heavy atom. The number of carboxylic acids is 1. The largest absolute Gasteiger partial charge is 0.480 e. The molecule has 6 heteroatoms. The summed E-state index contributed by atoms with van der Waals surface area (Å²) in [5, 5.41) is 15.9. The molecule has 6 nitrogen and oxygen atoms in total. The van der Waals surface area contributed by atoms with Crippen molar-refractivity contribution in [2.24, 2.45) is 12.5 Å². The number of aromatic nitrogens is 2. The van der Waals surface area contributed by atoms with E-state index >= 15 is 0 Å². The molecule has 1 aromatic heterocycles. The summed E-state index contributed by atoms with van der Waals surface area (Å²) in [4.78, 5) is 23.5. The first-order chi connectivity index (χ1) is 8.55. The Bertz CT molecular complexity index is 512. The molecule has 0 fully saturated rings. The highest BCUT2D eigenvalue weighted by atomic mass is 16.4. The third kappa shape index (κ3) is 3.13.